The molecule has 0 bridgehead atoms. The van der Waals surface area contributed by atoms with Crippen molar-refractivity contribution in [2.75, 3.05) is 52.9 Å². The summed E-state index contributed by atoms with van der Waals surface area (Å²) in [5.74, 6) is 1.86. The second-order valence-corrected chi connectivity index (χ2v) is 7.84. The zero-order chi connectivity index (χ0) is 18.8. The normalized spacial score (nSPS) is 19.1. The minimum atomic E-state index is 0.610. The van der Waals surface area contributed by atoms with Crippen molar-refractivity contribution in [3.8, 4) is 0 Å². The van der Waals surface area contributed by atoms with E-state index in [9.17, 15) is 0 Å². The molecule has 148 valence electrons. The van der Waals surface area contributed by atoms with Gasteiger partial charge in [0.25, 0.3) is 0 Å². The predicted molar refractivity (Wildman–Crippen MR) is 110 cm³/mol. The van der Waals surface area contributed by atoms with Crippen molar-refractivity contribution in [3.05, 3.63) is 0 Å². The van der Waals surface area contributed by atoms with Crippen LogP contribution in [-0.4, -0.2) is 85.6 Å². The zero-order valence-corrected chi connectivity index (χ0v) is 17.9. The maximum atomic E-state index is 4.52. The van der Waals surface area contributed by atoms with E-state index in [4.69, 9.17) is 0 Å². The van der Waals surface area contributed by atoms with Crippen LogP contribution in [0.5, 0.6) is 0 Å². The third-order valence-corrected chi connectivity index (χ3v) is 5.41. The van der Waals surface area contributed by atoms with E-state index in [0.717, 1.165) is 57.6 Å². The minimum absolute atomic E-state index is 0.610. The molecule has 0 spiro atoms. The standard InChI is InChI=1S/C20H43N5/c1-8-23(9-2)15-19-11-14-24(16-19)20(21-7)22-12-10-13-25(17(3)4)18(5)6/h17-19H,8-16H2,1-7H3,(H,21,22). The van der Waals surface area contributed by atoms with Gasteiger partial charge in [-0.15, -0.1) is 0 Å². The zero-order valence-electron chi connectivity index (χ0n) is 17.9. The van der Waals surface area contributed by atoms with Crippen molar-refractivity contribution in [3.63, 3.8) is 0 Å². The van der Waals surface area contributed by atoms with Crippen molar-refractivity contribution in [2.45, 2.75) is 66.5 Å². The Bertz CT molecular complexity index is 368. The fraction of sp³-hybridized carbons (Fsp3) is 0.950. The Balaban J connectivity index is 2.35. The monoisotopic (exact) mass is 353 g/mol. The van der Waals surface area contributed by atoms with E-state index < -0.39 is 0 Å². The first-order valence-corrected chi connectivity index (χ1v) is 10.4. The molecule has 0 aromatic heterocycles. The van der Waals surface area contributed by atoms with E-state index in [2.05, 4.69) is 66.6 Å². The second kappa shape index (κ2) is 11.7. The summed E-state index contributed by atoms with van der Waals surface area (Å²) in [6.45, 7) is 21.6. The molecule has 0 aromatic carbocycles. The first-order chi connectivity index (χ1) is 11.9. The lowest BCUT2D eigenvalue weighted by Gasteiger charge is -2.30. The maximum absolute atomic E-state index is 4.52. The van der Waals surface area contributed by atoms with E-state index in [0.29, 0.717) is 12.1 Å². The quantitative estimate of drug-likeness (QED) is 0.372. The molecule has 5 nitrogen and oxygen atoms in total. The highest BCUT2D eigenvalue weighted by atomic mass is 15.3. The highest BCUT2D eigenvalue weighted by Crippen LogP contribution is 2.17. The van der Waals surface area contributed by atoms with Crippen molar-refractivity contribution < 1.29 is 0 Å². The van der Waals surface area contributed by atoms with Crippen LogP contribution in [0, 0.1) is 5.92 Å². The van der Waals surface area contributed by atoms with E-state index in [-0.39, 0.29) is 0 Å². The number of nitrogens with one attached hydrogen (secondary N) is 1. The van der Waals surface area contributed by atoms with Gasteiger partial charge in [0.2, 0.25) is 0 Å². The van der Waals surface area contributed by atoms with Crippen molar-refractivity contribution in [1.29, 1.82) is 0 Å². The number of nitrogens with zero attached hydrogens (tertiary/aromatic N) is 4. The van der Waals surface area contributed by atoms with Gasteiger partial charge in [-0.25, -0.2) is 0 Å². The van der Waals surface area contributed by atoms with Gasteiger partial charge in [0.15, 0.2) is 5.96 Å². The van der Waals surface area contributed by atoms with Crippen molar-refractivity contribution >= 4 is 5.96 Å². The van der Waals surface area contributed by atoms with Gasteiger partial charge < -0.3 is 15.1 Å². The fourth-order valence-electron chi connectivity index (χ4n) is 3.93. The van der Waals surface area contributed by atoms with Gasteiger partial charge in [-0.2, -0.15) is 0 Å². The molecule has 5 heteroatoms. The first-order valence-electron chi connectivity index (χ1n) is 10.4. The molecule has 1 heterocycles. The number of aliphatic imine (C=N–C) groups is 1. The van der Waals surface area contributed by atoms with E-state index in [1.54, 1.807) is 0 Å². The van der Waals surface area contributed by atoms with Crippen LogP contribution in [-0.2, 0) is 0 Å². The Morgan fingerprint density at radius 1 is 1.16 bits per heavy atom. The van der Waals surface area contributed by atoms with Crippen LogP contribution in [0.4, 0.5) is 0 Å². The van der Waals surface area contributed by atoms with Crippen LogP contribution in [0.15, 0.2) is 4.99 Å². The second-order valence-electron chi connectivity index (χ2n) is 7.84. The van der Waals surface area contributed by atoms with Crippen molar-refractivity contribution in [2.24, 2.45) is 10.9 Å². The van der Waals surface area contributed by atoms with Crippen LogP contribution < -0.4 is 5.32 Å². The summed E-state index contributed by atoms with van der Waals surface area (Å²) in [6, 6.07) is 1.22. The van der Waals surface area contributed by atoms with Gasteiger partial charge in [-0.05, 0) is 59.5 Å². The number of guanidine groups is 1. The number of rotatable bonds is 10. The smallest absolute Gasteiger partial charge is 0.193 e. The Hall–Kier alpha value is -0.810. The summed E-state index contributed by atoms with van der Waals surface area (Å²) in [4.78, 5) is 12.1. The molecule has 25 heavy (non-hydrogen) atoms. The lowest BCUT2D eigenvalue weighted by Crippen LogP contribution is -2.43. The molecule has 1 aliphatic heterocycles. The summed E-state index contributed by atoms with van der Waals surface area (Å²) in [5, 5.41) is 3.58. The molecule has 1 rings (SSSR count). The van der Waals surface area contributed by atoms with Crippen LogP contribution in [0.3, 0.4) is 0 Å². The lowest BCUT2D eigenvalue weighted by atomic mass is 10.1. The highest BCUT2D eigenvalue weighted by molar-refractivity contribution is 5.80. The number of hydrogen-bond acceptors (Lipinski definition) is 3. The fourth-order valence-corrected chi connectivity index (χ4v) is 3.93. The maximum Gasteiger partial charge on any atom is 0.193 e. The Labute approximate surface area is 156 Å². The molecule has 1 N–H and O–H groups in total. The molecule has 0 amide bonds. The highest BCUT2D eigenvalue weighted by Gasteiger charge is 2.25. The molecule has 0 saturated carbocycles. The Kier molecular flexibility index (Phi) is 10.4. The molecule has 0 aromatic rings. The van der Waals surface area contributed by atoms with Gasteiger partial charge in [-0.3, -0.25) is 9.89 Å². The third kappa shape index (κ3) is 7.53. The molecule has 0 radical (unpaired) electrons. The lowest BCUT2D eigenvalue weighted by molar-refractivity contribution is 0.173. The largest absolute Gasteiger partial charge is 0.356 e. The first kappa shape index (κ1) is 22.2. The van der Waals surface area contributed by atoms with Gasteiger partial charge in [-0.1, -0.05) is 13.8 Å². The molecular weight excluding hydrogens is 310 g/mol. The SMILES string of the molecule is CCN(CC)CC1CCN(C(=NC)NCCCN(C(C)C)C(C)C)C1. The summed E-state index contributed by atoms with van der Waals surface area (Å²) in [5.41, 5.74) is 0. The van der Waals surface area contributed by atoms with E-state index in [1.807, 2.05) is 7.05 Å². The van der Waals surface area contributed by atoms with Crippen LogP contribution in [0.2, 0.25) is 0 Å². The van der Waals surface area contributed by atoms with E-state index in [1.165, 1.54) is 13.0 Å². The molecule has 1 aliphatic rings. The Morgan fingerprint density at radius 3 is 2.32 bits per heavy atom. The molecule has 1 atom stereocenters. The van der Waals surface area contributed by atoms with Crippen LogP contribution >= 0.6 is 0 Å². The van der Waals surface area contributed by atoms with Gasteiger partial charge in [0.1, 0.15) is 0 Å². The van der Waals surface area contributed by atoms with Gasteiger partial charge in [0, 0.05) is 51.9 Å². The average molecular weight is 354 g/mol. The minimum Gasteiger partial charge on any atom is -0.356 e. The van der Waals surface area contributed by atoms with Crippen LogP contribution in [0.1, 0.15) is 54.4 Å². The summed E-state index contributed by atoms with van der Waals surface area (Å²) in [6.07, 6.45) is 2.44. The molecule has 1 unspecified atom stereocenters. The predicted octanol–water partition coefficient (Wildman–Crippen LogP) is 2.73. The molecule has 1 saturated heterocycles. The number of hydrogen-bond donors (Lipinski definition) is 1. The van der Waals surface area contributed by atoms with Crippen LogP contribution in [0.25, 0.3) is 0 Å². The van der Waals surface area contributed by atoms with E-state index >= 15 is 0 Å². The van der Waals surface area contributed by atoms with Crippen molar-refractivity contribution in [1.82, 2.24) is 20.0 Å². The Morgan fingerprint density at radius 2 is 1.80 bits per heavy atom. The van der Waals surface area contributed by atoms with Gasteiger partial charge >= 0.3 is 0 Å². The van der Waals surface area contributed by atoms with Gasteiger partial charge in [0.05, 0.1) is 0 Å². The summed E-state index contributed by atoms with van der Waals surface area (Å²) >= 11 is 0. The number of likely N-dealkylation sites (tertiary alicyclic amines) is 1. The summed E-state index contributed by atoms with van der Waals surface area (Å²) in [7, 11) is 1.91. The molecule has 0 aliphatic carbocycles. The molecule has 1 fully saturated rings. The molecular formula is C20H43N5. The topological polar surface area (TPSA) is 34.1 Å². The average Bonchev–Trinajstić information content (AvgIpc) is 3.03. The summed E-state index contributed by atoms with van der Waals surface area (Å²) < 4.78 is 0. The third-order valence-electron chi connectivity index (χ3n) is 5.41.